The third-order valence-corrected chi connectivity index (χ3v) is 4.16. The van der Waals surface area contributed by atoms with Gasteiger partial charge in [-0.25, -0.2) is 15.0 Å². The Labute approximate surface area is 163 Å². The summed E-state index contributed by atoms with van der Waals surface area (Å²) in [5.41, 5.74) is 1.88. The zero-order valence-corrected chi connectivity index (χ0v) is 15.2. The van der Waals surface area contributed by atoms with E-state index in [0.717, 1.165) is 11.1 Å². The average Bonchev–Trinajstić information content (AvgIpc) is 2.75. The standard InChI is InChI=1S/C23H19N3O2/c27-19-12-7-13-20(16-19)28-15-14-21-24-22(17-8-3-1-4-9-17)26-23(25-21)18-10-5-2-6-11-18/h1-13,16,27H,14-15H2. The van der Waals surface area contributed by atoms with E-state index in [4.69, 9.17) is 4.74 Å². The number of ether oxygens (including phenoxy) is 1. The maximum Gasteiger partial charge on any atom is 0.163 e. The molecule has 4 rings (SSSR count). The van der Waals surface area contributed by atoms with E-state index in [1.165, 1.54) is 0 Å². The Balaban J connectivity index is 1.60. The van der Waals surface area contributed by atoms with Crippen LogP contribution < -0.4 is 4.74 Å². The van der Waals surface area contributed by atoms with E-state index in [2.05, 4.69) is 15.0 Å². The van der Waals surface area contributed by atoms with Crippen molar-refractivity contribution in [3.8, 4) is 34.3 Å². The maximum atomic E-state index is 9.54. The Hall–Kier alpha value is -3.73. The number of phenolic OH excluding ortho intramolecular Hbond substituents is 1. The predicted octanol–water partition coefficient (Wildman–Crippen LogP) is 4.53. The molecular weight excluding hydrogens is 350 g/mol. The van der Waals surface area contributed by atoms with Gasteiger partial charge in [-0.05, 0) is 12.1 Å². The summed E-state index contributed by atoms with van der Waals surface area (Å²) in [7, 11) is 0. The molecule has 5 nitrogen and oxygen atoms in total. The van der Waals surface area contributed by atoms with Crippen molar-refractivity contribution in [1.29, 1.82) is 0 Å². The fraction of sp³-hybridized carbons (Fsp3) is 0.0870. The summed E-state index contributed by atoms with van der Waals surface area (Å²) in [6.45, 7) is 0.399. The first-order valence-electron chi connectivity index (χ1n) is 9.05. The molecule has 0 amide bonds. The van der Waals surface area contributed by atoms with Crippen molar-refractivity contribution >= 4 is 0 Å². The molecule has 0 spiro atoms. The van der Waals surface area contributed by atoms with Gasteiger partial charge >= 0.3 is 0 Å². The molecule has 0 aliphatic carbocycles. The summed E-state index contributed by atoms with van der Waals surface area (Å²) >= 11 is 0. The molecular formula is C23H19N3O2. The average molecular weight is 369 g/mol. The minimum atomic E-state index is 0.176. The van der Waals surface area contributed by atoms with Gasteiger partial charge < -0.3 is 9.84 Å². The van der Waals surface area contributed by atoms with Gasteiger partial charge in [0.1, 0.15) is 17.3 Å². The molecule has 0 fully saturated rings. The molecule has 3 aromatic carbocycles. The summed E-state index contributed by atoms with van der Waals surface area (Å²) < 4.78 is 5.72. The van der Waals surface area contributed by atoms with Crippen LogP contribution in [0.1, 0.15) is 5.82 Å². The molecule has 0 saturated carbocycles. The second kappa shape index (κ2) is 8.31. The van der Waals surface area contributed by atoms with Gasteiger partial charge in [0.15, 0.2) is 11.6 Å². The predicted molar refractivity (Wildman–Crippen MR) is 108 cm³/mol. The molecule has 1 aromatic heterocycles. The molecule has 0 saturated heterocycles. The van der Waals surface area contributed by atoms with Crippen LogP contribution in [0, 0.1) is 0 Å². The smallest absolute Gasteiger partial charge is 0.163 e. The van der Waals surface area contributed by atoms with E-state index in [9.17, 15) is 5.11 Å². The van der Waals surface area contributed by atoms with Crippen molar-refractivity contribution in [2.45, 2.75) is 6.42 Å². The first-order valence-corrected chi connectivity index (χ1v) is 9.05. The molecule has 5 heteroatoms. The monoisotopic (exact) mass is 369 g/mol. The lowest BCUT2D eigenvalue weighted by molar-refractivity contribution is 0.317. The highest BCUT2D eigenvalue weighted by Gasteiger charge is 2.10. The van der Waals surface area contributed by atoms with Crippen LogP contribution in [0.5, 0.6) is 11.5 Å². The molecule has 0 atom stereocenters. The number of hydrogen-bond acceptors (Lipinski definition) is 5. The normalized spacial score (nSPS) is 10.6. The topological polar surface area (TPSA) is 68.1 Å². The fourth-order valence-corrected chi connectivity index (χ4v) is 2.80. The highest BCUT2D eigenvalue weighted by Crippen LogP contribution is 2.21. The van der Waals surface area contributed by atoms with Crippen molar-refractivity contribution < 1.29 is 9.84 Å². The summed E-state index contributed by atoms with van der Waals surface area (Å²) in [6, 6.07) is 26.5. The molecule has 0 bridgehead atoms. The number of hydrogen-bond donors (Lipinski definition) is 1. The van der Waals surface area contributed by atoms with Gasteiger partial charge in [0.05, 0.1) is 6.61 Å². The number of nitrogens with zero attached hydrogens (tertiary/aromatic N) is 3. The molecule has 0 aliphatic rings. The van der Waals surface area contributed by atoms with Crippen molar-refractivity contribution in [3.63, 3.8) is 0 Å². The summed E-state index contributed by atoms with van der Waals surface area (Å²) in [6.07, 6.45) is 0.526. The Morgan fingerprint density at radius 1 is 0.679 bits per heavy atom. The van der Waals surface area contributed by atoms with Gasteiger partial charge in [-0.3, -0.25) is 0 Å². The Morgan fingerprint density at radius 3 is 1.86 bits per heavy atom. The second-order valence-electron chi connectivity index (χ2n) is 6.23. The quantitative estimate of drug-likeness (QED) is 0.541. The highest BCUT2D eigenvalue weighted by molar-refractivity contribution is 5.60. The van der Waals surface area contributed by atoms with Gasteiger partial charge in [0, 0.05) is 23.6 Å². The zero-order chi connectivity index (χ0) is 19.2. The van der Waals surface area contributed by atoms with Crippen molar-refractivity contribution in [3.05, 3.63) is 90.8 Å². The van der Waals surface area contributed by atoms with Crippen LogP contribution in [0.25, 0.3) is 22.8 Å². The van der Waals surface area contributed by atoms with Crippen LogP contribution in [0.4, 0.5) is 0 Å². The van der Waals surface area contributed by atoms with Crippen molar-refractivity contribution in [2.75, 3.05) is 6.61 Å². The Kier molecular flexibility index (Phi) is 5.24. The summed E-state index contributed by atoms with van der Waals surface area (Å²) in [5.74, 6) is 2.73. The number of aromatic nitrogens is 3. The largest absolute Gasteiger partial charge is 0.508 e. The molecule has 1 heterocycles. The third-order valence-electron chi connectivity index (χ3n) is 4.16. The zero-order valence-electron chi connectivity index (χ0n) is 15.2. The van der Waals surface area contributed by atoms with E-state index < -0.39 is 0 Å². The van der Waals surface area contributed by atoms with Crippen molar-refractivity contribution in [2.24, 2.45) is 0 Å². The van der Waals surface area contributed by atoms with Gasteiger partial charge in [0.25, 0.3) is 0 Å². The van der Waals surface area contributed by atoms with Crippen LogP contribution in [-0.2, 0) is 6.42 Å². The molecule has 0 aliphatic heterocycles. The lowest BCUT2D eigenvalue weighted by Gasteiger charge is -2.09. The molecule has 4 aromatic rings. The number of rotatable bonds is 6. The van der Waals surface area contributed by atoms with E-state index >= 15 is 0 Å². The van der Waals surface area contributed by atoms with Gasteiger partial charge in [-0.2, -0.15) is 0 Å². The van der Waals surface area contributed by atoms with Crippen LogP contribution in [-0.4, -0.2) is 26.7 Å². The fourth-order valence-electron chi connectivity index (χ4n) is 2.80. The number of aromatic hydroxyl groups is 1. The summed E-state index contributed by atoms with van der Waals surface area (Å²) in [4.78, 5) is 13.9. The highest BCUT2D eigenvalue weighted by atomic mass is 16.5. The Morgan fingerprint density at radius 2 is 1.29 bits per heavy atom. The minimum absolute atomic E-state index is 0.176. The van der Waals surface area contributed by atoms with Gasteiger partial charge in [-0.1, -0.05) is 66.7 Å². The minimum Gasteiger partial charge on any atom is -0.508 e. The number of benzene rings is 3. The molecule has 1 N–H and O–H groups in total. The number of phenols is 1. The van der Waals surface area contributed by atoms with E-state index in [1.54, 1.807) is 24.3 Å². The van der Waals surface area contributed by atoms with Gasteiger partial charge in [-0.15, -0.1) is 0 Å². The summed E-state index contributed by atoms with van der Waals surface area (Å²) in [5, 5.41) is 9.54. The molecule has 0 radical (unpaired) electrons. The SMILES string of the molecule is Oc1cccc(OCCc2nc(-c3ccccc3)nc(-c3ccccc3)n2)c1. The third kappa shape index (κ3) is 4.32. The van der Waals surface area contributed by atoms with E-state index in [1.807, 2.05) is 60.7 Å². The first kappa shape index (κ1) is 17.7. The van der Waals surface area contributed by atoms with Crippen LogP contribution in [0.2, 0.25) is 0 Å². The molecule has 0 unspecified atom stereocenters. The maximum absolute atomic E-state index is 9.54. The van der Waals surface area contributed by atoms with Crippen LogP contribution >= 0.6 is 0 Å². The lowest BCUT2D eigenvalue weighted by Crippen LogP contribution is -2.08. The van der Waals surface area contributed by atoms with Crippen LogP contribution in [0.3, 0.4) is 0 Å². The van der Waals surface area contributed by atoms with Crippen LogP contribution in [0.15, 0.2) is 84.9 Å². The molecule has 138 valence electrons. The lowest BCUT2D eigenvalue weighted by atomic mass is 10.2. The van der Waals surface area contributed by atoms with E-state index in [-0.39, 0.29) is 5.75 Å². The molecule has 28 heavy (non-hydrogen) atoms. The van der Waals surface area contributed by atoms with E-state index in [0.29, 0.717) is 36.3 Å². The second-order valence-corrected chi connectivity index (χ2v) is 6.23. The van der Waals surface area contributed by atoms with Gasteiger partial charge in [0.2, 0.25) is 0 Å². The van der Waals surface area contributed by atoms with Crippen molar-refractivity contribution in [1.82, 2.24) is 15.0 Å². The Bertz CT molecular complexity index is 996. The first-order chi connectivity index (χ1) is 13.8.